The first kappa shape index (κ1) is 15.2. The Labute approximate surface area is 145 Å². The quantitative estimate of drug-likeness (QED) is 0.367. The number of carbonyl (C=O) groups excluding carboxylic acids is 1. The van der Waals surface area contributed by atoms with Crippen LogP contribution in [0.2, 0.25) is 0 Å². The first-order valence-electron chi connectivity index (χ1n) is 8.02. The maximum Gasteiger partial charge on any atom is 0.221 e. The van der Waals surface area contributed by atoms with E-state index in [4.69, 9.17) is 9.15 Å². The molecule has 0 aliphatic rings. The van der Waals surface area contributed by atoms with E-state index in [0.717, 1.165) is 33.1 Å². The van der Waals surface area contributed by atoms with Gasteiger partial charge in [0.2, 0.25) is 5.78 Å². The monoisotopic (exact) mass is 328 g/mol. The van der Waals surface area contributed by atoms with E-state index in [0.29, 0.717) is 5.76 Å². The smallest absolute Gasteiger partial charge is 0.221 e. The Balaban J connectivity index is 1.65. The second-order valence-corrected chi connectivity index (χ2v) is 5.78. The SMILES string of the molecule is COc1ccc(/C=C/C(=O)c2cc3c(ccc4ccccc43)o2)cc1. The molecule has 0 radical (unpaired) electrons. The molecule has 0 aliphatic carbocycles. The third-order valence-electron chi connectivity index (χ3n) is 4.21. The number of allylic oxidation sites excluding steroid dienone is 1. The Morgan fingerprint density at radius 3 is 2.56 bits per heavy atom. The summed E-state index contributed by atoms with van der Waals surface area (Å²) < 4.78 is 10.9. The first-order chi connectivity index (χ1) is 12.2. The molecule has 0 N–H and O–H groups in total. The second-order valence-electron chi connectivity index (χ2n) is 5.78. The fourth-order valence-corrected chi connectivity index (χ4v) is 2.88. The molecule has 4 aromatic rings. The van der Waals surface area contributed by atoms with Gasteiger partial charge in [-0.3, -0.25) is 4.79 Å². The summed E-state index contributed by atoms with van der Waals surface area (Å²) in [5, 5.41) is 3.17. The molecular formula is C22H16O3. The van der Waals surface area contributed by atoms with Crippen LogP contribution in [0.5, 0.6) is 5.75 Å². The minimum atomic E-state index is -0.156. The number of benzene rings is 3. The van der Waals surface area contributed by atoms with Gasteiger partial charge in [-0.25, -0.2) is 0 Å². The van der Waals surface area contributed by atoms with Gasteiger partial charge in [0.25, 0.3) is 0 Å². The summed E-state index contributed by atoms with van der Waals surface area (Å²) >= 11 is 0. The van der Waals surface area contributed by atoms with Crippen LogP contribution in [0, 0.1) is 0 Å². The zero-order chi connectivity index (χ0) is 17.2. The number of carbonyl (C=O) groups is 1. The first-order valence-corrected chi connectivity index (χ1v) is 8.02. The molecule has 0 saturated heterocycles. The maximum absolute atomic E-state index is 12.4. The normalized spacial score (nSPS) is 11.4. The van der Waals surface area contributed by atoms with E-state index in [1.165, 1.54) is 6.08 Å². The Bertz CT molecular complexity index is 1090. The zero-order valence-electron chi connectivity index (χ0n) is 13.7. The minimum absolute atomic E-state index is 0.156. The summed E-state index contributed by atoms with van der Waals surface area (Å²) in [5.74, 6) is 0.972. The maximum atomic E-state index is 12.4. The highest BCUT2D eigenvalue weighted by Gasteiger charge is 2.11. The lowest BCUT2D eigenvalue weighted by Crippen LogP contribution is -1.90. The predicted octanol–water partition coefficient (Wildman–Crippen LogP) is 5.49. The van der Waals surface area contributed by atoms with Gasteiger partial charge in [-0.05, 0) is 46.7 Å². The van der Waals surface area contributed by atoms with Gasteiger partial charge in [0.1, 0.15) is 11.3 Å². The molecule has 0 atom stereocenters. The van der Waals surface area contributed by atoms with Crippen LogP contribution in [-0.2, 0) is 0 Å². The van der Waals surface area contributed by atoms with Crippen molar-refractivity contribution in [2.75, 3.05) is 7.11 Å². The van der Waals surface area contributed by atoms with Crippen LogP contribution in [0.4, 0.5) is 0 Å². The van der Waals surface area contributed by atoms with Crippen molar-refractivity contribution in [3.8, 4) is 5.75 Å². The zero-order valence-corrected chi connectivity index (χ0v) is 13.7. The van der Waals surface area contributed by atoms with E-state index >= 15 is 0 Å². The van der Waals surface area contributed by atoms with Crippen molar-refractivity contribution in [3.05, 3.63) is 84.1 Å². The van der Waals surface area contributed by atoms with Crippen molar-refractivity contribution >= 4 is 33.6 Å². The summed E-state index contributed by atoms with van der Waals surface area (Å²) in [6.45, 7) is 0. The Morgan fingerprint density at radius 1 is 0.960 bits per heavy atom. The minimum Gasteiger partial charge on any atom is -0.497 e. The van der Waals surface area contributed by atoms with Gasteiger partial charge >= 0.3 is 0 Å². The van der Waals surface area contributed by atoms with E-state index < -0.39 is 0 Å². The van der Waals surface area contributed by atoms with Gasteiger partial charge < -0.3 is 9.15 Å². The van der Waals surface area contributed by atoms with Crippen LogP contribution in [0.15, 0.2) is 77.2 Å². The van der Waals surface area contributed by atoms with Gasteiger partial charge in [-0.15, -0.1) is 0 Å². The highest BCUT2D eigenvalue weighted by molar-refractivity contribution is 6.11. The Morgan fingerprint density at radius 2 is 1.76 bits per heavy atom. The molecule has 4 rings (SSSR count). The summed E-state index contributed by atoms with van der Waals surface area (Å²) in [6, 6.07) is 21.3. The molecule has 1 heterocycles. The largest absolute Gasteiger partial charge is 0.497 e. The molecule has 0 fully saturated rings. The molecular weight excluding hydrogens is 312 g/mol. The van der Waals surface area contributed by atoms with Crippen LogP contribution in [0.3, 0.4) is 0 Å². The molecule has 0 spiro atoms. The highest BCUT2D eigenvalue weighted by atomic mass is 16.5. The fourth-order valence-electron chi connectivity index (χ4n) is 2.88. The highest BCUT2D eigenvalue weighted by Crippen LogP contribution is 2.28. The molecule has 25 heavy (non-hydrogen) atoms. The molecule has 0 unspecified atom stereocenters. The van der Waals surface area contributed by atoms with Crippen molar-refractivity contribution in [2.24, 2.45) is 0 Å². The molecule has 0 aliphatic heterocycles. The van der Waals surface area contributed by atoms with E-state index in [9.17, 15) is 4.79 Å². The lowest BCUT2D eigenvalue weighted by Gasteiger charge is -1.98. The number of ether oxygens (including phenoxy) is 1. The standard InChI is InChI=1S/C22H16O3/c1-24-17-10-6-15(7-11-17)8-12-20(23)22-14-19-18-5-3-2-4-16(18)9-13-21(19)25-22/h2-14H,1H3/b12-8+. The van der Waals surface area contributed by atoms with Crippen LogP contribution in [0.25, 0.3) is 27.8 Å². The van der Waals surface area contributed by atoms with Gasteiger partial charge in [0.15, 0.2) is 5.76 Å². The number of hydrogen-bond donors (Lipinski definition) is 0. The molecule has 0 amide bonds. The Kier molecular flexibility index (Phi) is 3.82. The van der Waals surface area contributed by atoms with Crippen molar-refractivity contribution in [1.29, 1.82) is 0 Å². The molecule has 122 valence electrons. The molecule has 3 nitrogen and oxygen atoms in total. The summed E-state index contributed by atoms with van der Waals surface area (Å²) in [7, 11) is 1.62. The van der Waals surface area contributed by atoms with Crippen molar-refractivity contribution < 1.29 is 13.9 Å². The predicted molar refractivity (Wildman–Crippen MR) is 100 cm³/mol. The van der Waals surface area contributed by atoms with E-state index in [1.54, 1.807) is 13.2 Å². The van der Waals surface area contributed by atoms with E-state index in [1.807, 2.05) is 66.7 Å². The fraction of sp³-hybridized carbons (Fsp3) is 0.0455. The number of furan rings is 1. The summed E-state index contributed by atoms with van der Waals surface area (Å²) in [4.78, 5) is 12.4. The third-order valence-corrected chi connectivity index (χ3v) is 4.21. The van der Waals surface area contributed by atoms with E-state index in [2.05, 4.69) is 0 Å². The molecule has 0 bridgehead atoms. The van der Waals surface area contributed by atoms with Gasteiger partial charge in [0, 0.05) is 5.39 Å². The molecule has 1 aromatic heterocycles. The van der Waals surface area contributed by atoms with Crippen molar-refractivity contribution in [2.45, 2.75) is 0 Å². The number of hydrogen-bond acceptors (Lipinski definition) is 3. The van der Waals surface area contributed by atoms with Crippen LogP contribution in [-0.4, -0.2) is 12.9 Å². The van der Waals surface area contributed by atoms with Gasteiger partial charge in [0.05, 0.1) is 7.11 Å². The van der Waals surface area contributed by atoms with Crippen LogP contribution >= 0.6 is 0 Å². The Hall–Kier alpha value is -3.33. The number of rotatable bonds is 4. The number of methoxy groups -OCH3 is 1. The molecule has 3 heteroatoms. The molecule has 0 saturated carbocycles. The van der Waals surface area contributed by atoms with Crippen LogP contribution < -0.4 is 4.74 Å². The average Bonchev–Trinajstić information content (AvgIpc) is 3.11. The lowest BCUT2D eigenvalue weighted by atomic mass is 10.1. The third kappa shape index (κ3) is 2.92. The topological polar surface area (TPSA) is 39.4 Å². The number of ketones is 1. The molecule has 3 aromatic carbocycles. The van der Waals surface area contributed by atoms with E-state index in [-0.39, 0.29) is 5.78 Å². The van der Waals surface area contributed by atoms with Crippen molar-refractivity contribution in [3.63, 3.8) is 0 Å². The van der Waals surface area contributed by atoms with Gasteiger partial charge in [-0.2, -0.15) is 0 Å². The summed E-state index contributed by atoms with van der Waals surface area (Å²) in [5.41, 5.74) is 1.65. The lowest BCUT2D eigenvalue weighted by molar-refractivity contribution is 0.102. The van der Waals surface area contributed by atoms with Crippen molar-refractivity contribution in [1.82, 2.24) is 0 Å². The van der Waals surface area contributed by atoms with Gasteiger partial charge in [-0.1, -0.05) is 48.5 Å². The van der Waals surface area contributed by atoms with Crippen LogP contribution in [0.1, 0.15) is 16.1 Å². The second kappa shape index (κ2) is 6.29. The average molecular weight is 328 g/mol. The number of fused-ring (bicyclic) bond motifs is 3. The summed E-state index contributed by atoms with van der Waals surface area (Å²) in [6.07, 6.45) is 3.30.